The molecule has 128 valence electrons. The highest BCUT2D eigenvalue weighted by Gasteiger charge is 2.56. The number of pyridine rings is 1. The minimum atomic E-state index is -0.735. The van der Waals surface area contributed by atoms with Crippen molar-refractivity contribution in [2.45, 2.75) is 39.7 Å². The fourth-order valence-corrected chi connectivity index (χ4v) is 4.88. The highest BCUT2D eigenvalue weighted by Crippen LogP contribution is 2.61. The Morgan fingerprint density at radius 3 is 2.83 bits per heavy atom. The summed E-state index contributed by atoms with van der Waals surface area (Å²) in [7, 11) is 0. The average Bonchev–Trinajstić information content (AvgIpc) is 2.92. The van der Waals surface area contributed by atoms with Crippen molar-refractivity contribution < 1.29 is 9.18 Å². The van der Waals surface area contributed by atoms with Gasteiger partial charge in [0, 0.05) is 11.4 Å². The summed E-state index contributed by atoms with van der Waals surface area (Å²) >= 11 is 5.75. The van der Waals surface area contributed by atoms with Crippen LogP contribution in [0.2, 0.25) is 5.02 Å². The zero-order valence-corrected chi connectivity index (χ0v) is 14.7. The average molecular weight is 350 g/mol. The van der Waals surface area contributed by atoms with Gasteiger partial charge in [-0.3, -0.25) is 4.79 Å². The van der Waals surface area contributed by atoms with E-state index in [0.717, 1.165) is 6.42 Å². The van der Waals surface area contributed by atoms with Crippen molar-refractivity contribution in [3.63, 3.8) is 0 Å². The van der Waals surface area contributed by atoms with Gasteiger partial charge in [0.1, 0.15) is 11.3 Å². The number of hydrogen-bond acceptors (Lipinski definition) is 2. The second-order valence-electron chi connectivity index (χ2n) is 7.92. The molecule has 2 aromatic rings. The van der Waals surface area contributed by atoms with Crippen molar-refractivity contribution in [1.82, 2.24) is 15.3 Å². The molecule has 0 spiro atoms. The van der Waals surface area contributed by atoms with Gasteiger partial charge in [0.25, 0.3) is 5.91 Å². The van der Waals surface area contributed by atoms with Gasteiger partial charge < -0.3 is 10.3 Å². The third kappa shape index (κ3) is 2.25. The molecule has 24 heavy (non-hydrogen) atoms. The van der Waals surface area contributed by atoms with Crippen LogP contribution in [0.1, 0.15) is 44.1 Å². The summed E-state index contributed by atoms with van der Waals surface area (Å²) in [5, 5.41) is 3.74. The minimum absolute atomic E-state index is 0.0447. The Morgan fingerprint density at radius 1 is 1.42 bits per heavy atom. The largest absolute Gasteiger partial charge is 0.348 e. The predicted octanol–water partition coefficient (Wildman–Crippen LogP) is 4.16. The standard InChI is InChI=1S/C18H21ClFN3O/c1-8-11-6-10(18(11,2)3)7-13(8)22-17(24)14-5-9-4-12(19)15(20)23-16(9)21-14/h4-5,8,10-11,13H,6-7H2,1-3H3,(H,21,23)(H,22,24)/t8-,10+,11-,13-/m0/s1. The van der Waals surface area contributed by atoms with E-state index in [1.165, 1.54) is 12.5 Å². The first-order valence-electron chi connectivity index (χ1n) is 8.43. The highest BCUT2D eigenvalue weighted by atomic mass is 35.5. The minimum Gasteiger partial charge on any atom is -0.348 e. The number of halogens is 2. The molecule has 3 saturated carbocycles. The van der Waals surface area contributed by atoms with Gasteiger partial charge in [-0.15, -0.1) is 0 Å². The van der Waals surface area contributed by atoms with Gasteiger partial charge in [-0.05, 0) is 48.1 Å². The number of H-pyrrole nitrogens is 1. The second-order valence-corrected chi connectivity index (χ2v) is 8.32. The zero-order valence-electron chi connectivity index (χ0n) is 14.0. The highest BCUT2D eigenvalue weighted by molar-refractivity contribution is 6.31. The van der Waals surface area contributed by atoms with Crippen LogP contribution in [-0.4, -0.2) is 21.9 Å². The van der Waals surface area contributed by atoms with Crippen LogP contribution in [0.4, 0.5) is 4.39 Å². The molecule has 2 aromatic heterocycles. The summed E-state index contributed by atoms with van der Waals surface area (Å²) in [6.07, 6.45) is 2.30. The molecule has 0 aromatic carbocycles. The molecule has 3 aliphatic carbocycles. The summed E-state index contributed by atoms with van der Waals surface area (Å²) in [6, 6.07) is 3.34. The van der Waals surface area contributed by atoms with Gasteiger partial charge in [0.2, 0.25) is 5.95 Å². The van der Waals surface area contributed by atoms with Crippen molar-refractivity contribution in [2.75, 3.05) is 0 Å². The van der Waals surface area contributed by atoms with E-state index in [1.807, 2.05) is 0 Å². The molecular weight excluding hydrogens is 329 g/mol. The van der Waals surface area contributed by atoms with Gasteiger partial charge in [-0.25, -0.2) is 4.98 Å². The first kappa shape index (κ1) is 15.9. The summed E-state index contributed by atoms with van der Waals surface area (Å²) in [5.74, 6) is 0.908. The third-order valence-electron chi connectivity index (χ3n) is 6.43. The Kier molecular flexibility index (Phi) is 3.43. The molecular formula is C18H21ClFN3O. The molecule has 2 heterocycles. The van der Waals surface area contributed by atoms with Gasteiger partial charge in [0.15, 0.2) is 0 Å². The van der Waals surface area contributed by atoms with E-state index in [9.17, 15) is 9.18 Å². The molecule has 2 bridgehead atoms. The lowest BCUT2D eigenvalue weighted by molar-refractivity contribution is -0.113. The van der Waals surface area contributed by atoms with Crippen LogP contribution in [0.3, 0.4) is 0 Å². The third-order valence-corrected chi connectivity index (χ3v) is 6.70. The summed E-state index contributed by atoms with van der Waals surface area (Å²) in [5.41, 5.74) is 1.12. The molecule has 3 aliphatic rings. The maximum Gasteiger partial charge on any atom is 0.267 e. The number of nitrogens with zero attached hydrogens (tertiary/aromatic N) is 1. The van der Waals surface area contributed by atoms with Crippen LogP contribution in [0.15, 0.2) is 12.1 Å². The lowest BCUT2D eigenvalue weighted by Crippen LogP contribution is -2.60. The van der Waals surface area contributed by atoms with Gasteiger partial charge in [0.05, 0.1) is 5.02 Å². The Hall–Kier alpha value is -1.62. The van der Waals surface area contributed by atoms with E-state index in [1.54, 1.807) is 6.07 Å². The Labute approximate surface area is 145 Å². The molecule has 0 unspecified atom stereocenters. The molecule has 0 aliphatic heterocycles. The quantitative estimate of drug-likeness (QED) is 0.800. The number of carbonyl (C=O) groups excluding carboxylic acids is 1. The molecule has 6 heteroatoms. The van der Waals surface area contributed by atoms with E-state index in [4.69, 9.17) is 11.6 Å². The zero-order chi connectivity index (χ0) is 17.2. The molecule has 2 N–H and O–H groups in total. The number of rotatable bonds is 2. The molecule has 0 radical (unpaired) electrons. The summed E-state index contributed by atoms with van der Waals surface area (Å²) in [4.78, 5) is 19.2. The van der Waals surface area contributed by atoms with Crippen LogP contribution >= 0.6 is 11.6 Å². The Morgan fingerprint density at radius 2 is 2.17 bits per heavy atom. The van der Waals surface area contributed by atoms with Crippen LogP contribution in [0, 0.1) is 29.1 Å². The lowest BCUT2D eigenvalue weighted by atomic mass is 9.45. The maximum absolute atomic E-state index is 13.4. The van der Waals surface area contributed by atoms with E-state index in [-0.39, 0.29) is 17.0 Å². The van der Waals surface area contributed by atoms with Crippen LogP contribution < -0.4 is 5.32 Å². The Balaban J connectivity index is 1.53. The van der Waals surface area contributed by atoms with Crippen LogP contribution in [0.25, 0.3) is 11.0 Å². The maximum atomic E-state index is 13.4. The first-order valence-corrected chi connectivity index (χ1v) is 8.81. The van der Waals surface area contributed by atoms with E-state index in [2.05, 4.69) is 36.1 Å². The SMILES string of the molecule is C[C@@H]1[C@@H](NC(=O)c2cc3cc(Cl)c(F)nc3[nH]2)C[C@H]2C[C@@H]1C2(C)C. The molecule has 5 rings (SSSR count). The van der Waals surface area contributed by atoms with E-state index < -0.39 is 5.95 Å². The van der Waals surface area contributed by atoms with Gasteiger partial charge in [-0.1, -0.05) is 32.4 Å². The number of aromatic nitrogens is 2. The van der Waals surface area contributed by atoms with Crippen LogP contribution in [0.5, 0.6) is 0 Å². The molecule has 0 saturated heterocycles. The summed E-state index contributed by atoms with van der Waals surface area (Å²) in [6.45, 7) is 6.90. The van der Waals surface area contributed by atoms with Gasteiger partial charge in [-0.2, -0.15) is 4.39 Å². The van der Waals surface area contributed by atoms with E-state index in [0.29, 0.717) is 39.9 Å². The number of fused-ring (bicyclic) bond motifs is 3. The molecule has 1 amide bonds. The predicted molar refractivity (Wildman–Crippen MR) is 91.5 cm³/mol. The van der Waals surface area contributed by atoms with E-state index >= 15 is 0 Å². The number of nitrogens with one attached hydrogen (secondary N) is 2. The number of hydrogen-bond donors (Lipinski definition) is 2. The smallest absolute Gasteiger partial charge is 0.267 e. The normalized spacial score (nSPS) is 30.9. The first-order chi connectivity index (χ1) is 11.3. The second kappa shape index (κ2) is 5.19. The van der Waals surface area contributed by atoms with Crippen molar-refractivity contribution in [1.29, 1.82) is 0 Å². The number of amides is 1. The fourth-order valence-electron chi connectivity index (χ4n) is 4.72. The lowest BCUT2D eigenvalue weighted by Gasteiger charge is -2.62. The fraction of sp³-hybridized carbons (Fsp3) is 0.556. The molecule has 4 nitrogen and oxygen atoms in total. The van der Waals surface area contributed by atoms with Crippen LogP contribution in [-0.2, 0) is 0 Å². The Bertz CT molecular complexity index is 792. The van der Waals surface area contributed by atoms with Crippen molar-refractivity contribution >= 4 is 28.5 Å². The topological polar surface area (TPSA) is 57.8 Å². The molecule has 3 fully saturated rings. The van der Waals surface area contributed by atoms with Crippen molar-refractivity contribution in [3.05, 3.63) is 28.8 Å². The van der Waals surface area contributed by atoms with Gasteiger partial charge >= 0.3 is 0 Å². The monoisotopic (exact) mass is 349 g/mol. The number of aromatic amines is 1. The van der Waals surface area contributed by atoms with Crippen molar-refractivity contribution in [3.8, 4) is 0 Å². The summed E-state index contributed by atoms with van der Waals surface area (Å²) < 4.78 is 13.4. The molecule has 4 atom stereocenters. The number of carbonyl (C=O) groups is 1. The van der Waals surface area contributed by atoms with Crippen molar-refractivity contribution in [2.24, 2.45) is 23.2 Å².